The average Bonchev–Trinajstić information content (AvgIpc) is 2.94. The molecule has 3 rings (SSSR count). The number of carbonyl (C=O) groups excluding carboxylic acids is 2. The third kappa shape index (κ3) is 1.60. The molecule has 0 aromatic carbocycles. The number of H-pyrrole nitrogens is 1. The molecule has 0 spiro atoms. The number of nitrogens with zero attached hydrogens (tertiary/aromatic N) is 3. The number of amides is 3. The summed E-state index contributed by atoms with van der Waals surface area (Å²) in [5.41, 5.74) is 0.784. The van der Waals surface area contributed by atoms with E-state index in [1.807, 2.05) is 0 Å². The number of fused-ring (bicyclic) bond motifs is 1. The van der Waals surface area contributed by atoms with Gasteiger partial charge in [-0.25, -0.2) is 4.79 Å². The number of rotatable bonds is 2. The molecule has 0 unspecified atom stereocenters. The Balaban J connectivity index is 1.81. The molecule has 3 heterocycles. The van der Waals surface area contributed by atoms with Crippen LogP contribution in [0.4, 0.5) is 4.79 Å². The normalized spacial score (nSPS) is 24.4. The maximum absolute atomic E-state index is 12.1. The van der Waals surface area contributed by atoms with Gasteiger partial charge >= 0.3 is 6.03 Å². The fourth-order valence-electron chi connectivity index (χ4n) is 2.54. The van der Waals surface area contributed by atoms with Crippen LogP contribution in [0.1, 0.15) is 25.0 Å². The summed E-state index contributed by atoms with van der Waals surface area (Å²) >= 11 is 0. The fourth-order valence-corrected chi connectivity index (χ4v) is 2.54. The van der Waals surface area contributed by atoms with E-state index in [-0.39, 0.29) is 18.0 Å². The molecule has 1 aromatic rings. The van der Waals surface area contributed by atoms with Crippen molar-refractivity contribution in [2.45, 2.75) is 31.8 Å². The van der Waals surface area contributed by atoms with Crippen molar-refractivity contribution in [2.75, 3.05) is 6.54 Å². The van der Waals surface area contributed by atoms with Gasteiger partial charge in [0.15, 0.2) is 0 Å². The minimum atomic E-state index is -0.223. The van der Waals surface area contributed by atoms with Crippen molar-refractivity contribution in [2.24, 2.45) is 0 Å². The molecule has 6 nitrogen and oxygen atoms in total. The van der Waals surface area contributed by atoms with E-state index in [0.29, 0.717) is 13.1 Å². The third-order valence-corrected chi connectivity index (χ3v) is 3.42. The molecular formula is C11H14N4O2. The number of carbonyl (C=O) groups is 2. The Labute approximate surface area is 98.6 Å². The molecule has 2 fully saturated rings. The van der Waals surface area contributed by atoms with Crippen LogP contribution in [-0.2, 0) is 11.3 Å². The van der Waals surface area contributed by atoms with Crippen LogP contribution in [0.2, 0.25) is 0 Å². The van der Waals surface area contributed by atoms with E-state index in [4.69, 9.17) is 0 Å². The lowest BCUT2D eigenvalue weighted by Crippen LogP contribution is -2.38. The number of urea groups is 1. The van der Waals surface area contributed by atoms with Crippen molar-refractivity contribution >= 4 is 11.9 Å². The first kappa shape index (κ1) is 10.3. The zero-order chi connectivity index (χ0) is 11.8. The first-order chi connectivity index (χ1) is 8.27. The number of hydrogen-bond acceptors (Lipinski definition) is 3. The maximum atomic E-state index is 12.1. The van der Waals surface area contributed by atoms with Gasteiger partial charge < -0.3 is 4.90 Å². The van der Waals surface area contributed by atoms with E-state index < -0.39 is 0 Å². The smallest absolute Gasteiger partial charge is 0.312 e. The highest BCUT2D eigenvalue weighted by molar-refractivity contribution is 6.04. The zero-order valence-electron chi connectivity index (χ0n) is 9.43. The van der Waals surface area contributed by atoms with Gasteiger partial charge in [0.25, 0.3) is 5.91 Å². The van der Waals surface area contributed by atoms with Crippen LogP contribution in [0.3, 0.4) is 0 Å². The molecule has 2 saturated heterocycles. The molecule has 1 N–H and O–H groups in total. The lowest BCUT2D eigenvalue weighted by molar-refractivity contribution is -0.129. The van der Waals surface area contributed by atoms with E-state index in [2.05, 4.69) is 10.2 Å². The molecule has 1 atom stereocenters. The molecule has 6 heteroatoms. The first-order valence-corrected chi connectivity index (χ1v) is 5.87. The Morgan fingerprint density at radius 3 is 3.00 bits per heavy atom. The Morgan fingerprint density at radius 2 is 2.29 bits per heavy atom. The average molecular weight is 234 g/mol. The van der Waals surface area contributed by atoms with E-state index in [1.54, 1.807) is 17.2 Å². The molecule has 0 bridgehead atoms. The molecule has 2 aliphatic heterocycles. The second kappa shape index (κ2) is 3.87. The summed E-state index contributed by atoms with van der Waals surface area (Å²) in [4.78, 5) is 27.2. The predicted octanol–water partition coefficient (Wildman–Crippen LogP) is 0.726. The Kier molecular flexibility index (Phi) is 2.35. The summed E-state index contributed by atoms with van der Waals surface area (Å²) in [5.74, 6) is -0.0655. The van der Waals surface area contributed by atoms with Crippen LogP contribution in [0.15, 0.2) is 12.3 Å². The number of imide groups is 1. The van der Waals surface area contributed by atoms with Crippen molar-refractivity contribution in [3.8, 4) is 0 Å². The summed E-state index contributed by atoms with van der Waals surface area (Å²) < 4.78 is 0. The van der Waals surface area contributed by atoms with Crippen molar-refractivity contribution in [3.63, 3.8) is 0 Å². The summed E-state index contributed by atoms with van der Waals surface area (Å²) in [5, 5.41) is 6.59. The maximum Gasteiger partial charge on any atom is 0.327 e. The molecule has 90 valence electrons. The Morgan fingerprint density at radius 1 is 1.41 bits per heavy atom. The lowest BCUT2D eigenvalue weighted by atomic mass is 10.0. The lowest BCUT2D eigenvalue weighted by Gasteiger charge is -2.26. The minimum absolute atomic E-state index is 0.0655. The minimum Gasteiger partial charge on any atom is -0.312 e. The number of aromatic nitrogens is 2. The molecule has 3 amide bonds. The van der Waals surface area contributed by atoms with Crippen LogP contribution in [0.25, 0.3) is 0 Å². The van der Waals surface area contributed by atoms with Gasteiger partial charge in [-0.1, -0.05) is 0 Å². The molecule has 17 heavy (non-hydrogen) atoms. The highest BCUT2D eigenvalue weighted by atomic mass is 16.2. The van der Waals surface area contributed by atoms with Gasteiger partial charge in [-0.2, -0.15) is 5.10 Å². The molecule has 0 saturated carbocycles. The quantitative estimate of drug-likeness (QED) is 0.767. The van der Waals surface area contributed by atoms with E-state index in [1.165, 1.54) is 4.90 Å². The fraction of sp³-hybridized carbons (Fsp3) is 0.545. The first-order valence-electron chi connectivity index (χ1n) is 5.87. The van der Waals surface area contributed by atoms with Gasteiger partial charge in [-0.15, -0.1) is 0 Å². The monoisotopic (exact) mass is 234 g/mol. The number of nitrogens with one attached hydrogen (secondary N) is 1. The largest absolute Gasteiger partial charge is 0.327 e. The van der Waals surface area contributed by atoms with E-state index >= 15 is 0 Å². The second-order valence-electron chi connectivity index (χ2n) is 4.49. The molecular weight excluding hydrogens is 220 g/mol. The Bertz CT molecular complexity index is 418. The van der Waals surface area contributed by atoms with Crippen LogP contribution in [0.5, 0.6) is 0 Å². The highest BCUT2D eigenvalue weighted by Crippen LogP contribution is 2.27. The van der Waals surface area contributed by atoms with Gasteiger partial charge in [-0.05, 0) is 25.3 Å². The van der Waals surface area contributed by atoms with Crippen LogP contribution >= 0.6 is 0 Å². The van der Waals surface area contributed by atoms with Crippen LogP contribution < -0.4 is 0 Å². The van der Waals surface area contributed by atoms with Crippen molar-refractivity contribution in [1.82, 2.24) is 20.0 Å². The molecule has 1 aromatic heterocycles. The summed E-state index contributed by atoms with van der Waals surface area (Å²) in [6.07, 6.45) is 4.43. The topological polar surface area (TPSA) is 69.3 Å². The summed E-state index contributed by atoms with van der Waals surface area (Å²) in [6.45, 7) is 0.999. The van der Waals surface area contributed by atoms with Crippen molar-refractivity contribution in [3.05, 3.63) is 18.0 Å². The van der Waals surface area contributed by atoms with Crippen molar-refractivity contribution in [1.29, 1.82) is 0 Å². The second-order valence-corrected chi connectivity index (χ2v) is 4.49. The molecule has 0 aliphatic carbocycles. The van der Waals surface area contributed by atoms with Gasteiger partial charge in [0, 0.05) is 12.7 Å². The van der Waals surface area contributed by atoms with Gasteiger partial charge in [0.05, 0.1) is 12.2 Å². The van der Waals surface area contributed by atoms with Gasteiger partial charge in [0.1, 0.15) is 6.04 Å². The van der Waals surface area contributed by atoms with Crippen molar-refractivity contribution < 1.29 is 9.59 Å². The third-order valence-electron chi connectivity index (χ3n) is 3.42. The Hall–Kier alpha value is -1.85. The van der Waals surface area contributed by atoms with Gasteiger partial charge in [0.2, 0.25) is 0 Å². The number of hydrogen-bond donors (Lipinski definition) is 1. The standard InChI is InChI=1S/C11H14N4O2/c16-10-9-3-1-2-6-14(9)11(17)15(10)7-8-4-5-12-13-8/h4-5,9H,1-3,6-7H2,(H,12,13)/t9-/m0/s1. The van der Waals surface area contributed by atoms with Crippen LogP contribution in [0, 0.1) is 0 Å². The molecule has 2 aliphatic rings. The number of piperidine rings is 1. The van der Waals surface area contributed by atoms with Crippen LogP contribution in [-0.4, -0.2) is 44.5 Å². The van der Waals surface area contributed by atoms with E-state index in [0.717, 1.165) is 25.0 Å². The zero-order valence-corrected chi connectivity index (χ0v) is 9.43. The molecule has 0 radical (unpaired) electrons. The highest BCUT2D eigenvalue weighted by Gasteiger charge is 2.45. The summed E-state index contributed by atoms with van der Waals surface area (Å²) in [7, 11) is 0. The van der Waals surface area contributed by atoms with Gasteiger partial charge in [-0.3, -0.25) is 14.8 Å². The predicted molar refractivity (Wildman–Crippen MR) is 58.9 cm³/mol. The SMILES string of the molecule is O=C1[C@@H]2CCCCN2C(=O)N1Cc1ccn[nH]1. The number of aromatic amines is 1. The summed E-state index contributed by atoms with van der Waals surface area (Å²) in [6, 6.07) is 1.39. The van der Waals surface area contributed by atoms with E-state index in [9.17, 15) is 9.59 Å².